The van der Waals surface area contributed by atoms with Crippen molar-refractivity contribution in [1.29, 1.82) is 0 Å². The molecule has 0 saturated carbocycles. The minimum atomic E-state index is 0.121. The highest BCUT2D eigenvalue weighted by Gasteiger charge is 2.24. The van der Waals surface area contributed by atoms with Crippen LogP contribution in [0.4, 0.5) is 5.69 Å². The first-order chi connectivity index (χ1) is 13.7. The molecule has 0 N–H and O–H groups in total. The van der Waals surface area contributed by atoms with Crippen molar-refractivity contribution in [1.82, 2.24) is 4.90 Å². The van der Waals surface area contributed by atoms with Crippen molar-refractivity contribution in [3.8, 4) is 0 Å². The number of hydrogen-bond donors (Lipinski definition) is 0. The summed E-state index contributed by atoms with van der Waals surface area (Å²) in [5, 5.41) is 0.761. The van der Waals surface area contributed by atoms with Crippen LogP contribution in [-0.4, -0.2) is 53.7 Å². The number of aliphatic imine (C=N–C) groups is 1. The third-order valence-electron chi connectivity index (χ3n) is 4.92. The molecule has 1 amide bonds. The van der Waals surface area contributed by atoms with Crippen molar-refractivity contribution in [3.63, 3.8) is 0 Å². The van der Waals surface area contributed by atoms with Crippen molar-refractivity contribution in [3.05, 3.63) is 64.7 Å². The molecular weight excluding hydrogens is 410 g/mol. The average Bonchev–Trinajstić information content (AvgIpc) is 3.26. The maximum Gasteiger partial charge on any atom is 0.254 e. The lowest BCUT2D eigenvalue weighted by molar-refractivity contribution is 0.0746. The topological polar surface area (TPSA) is 35.9 Å². The molecule has 0 spiro atoms. The van der Waals surface area contributed by atoms with Gasteiger partial charge >= 0.3 is 0 Å². The second-order valence-electron chi connectivity index (χ2n) is 6.67. The lowest BCUT2D eigenvalue weighted by Crippen LogP contribution is -2.49. The molecule has 2 aromatic carbocycles. The van der Waals surface area contributed by atoms with E-state index in [9.17, 15) is 4.79 Å². The number of carbonyl (C=O) groups excluding carboxylic acids is 1. The van der Waals surface area contributed by atoms with Crippen molar-refractivity contribution in [2.75, 3.05) is 43.4 Å². The van der Waals surface area contributed by atoms with Gasteiger partial charge < -0.3 is 9.80 Å². The van der Waals surface area contributed by atoms with Crippen LogP contribution >= 0.6 is 35.1 Å². The normalized spacial score (nSPS) is 17.0. The Balaban J connectivity index is 1.41. The molecule has 1 saturated heterocycles. The van der Waals surface area contributed by atoms with E-state index in [1.54, 1.807) is 23.5 Å². The first-order valence-corrected chi connectivity index (χ1v) is 11.7. The Labute approximate surface area is 179 Å². The van der Waals surface area contributed by atoms with E-state index in [1.165, 1.54) is 0 Å². The van der Waals surface area contributed by atoms with Gasteiger partial charge in [0.25, 0.3) is 5.91 Å². The Morgan fingerprint density at radius 3 is 2.57 bits per heavy atom. The summed E-state index contributed by atoms with van der Waals surface area (Å²) >= 11 is 9.86. The van der Waals surface area contributed by atoms with Crippen LogP contribution < -0.4 is 4.90 Å². The van der Waals surface area contributed by atoms with E-state index in [4.69, 9.17) is 11.6 Å². The monoisotopic (exact) mass is 431 g/mol. The largest absolute Gasteiger partial charge is 0.367 e. The molecule has 0 radical (unpaired) electrons. The van der Waals surface area contributed by atoms with Crippen molar-refractivity contribution in [2.24, 2.45) is 4.99 Å². The predicted molar refractivity (Wildman–Crippen MR) is 122 cm³/mol. The van der Waals surface area contributed by atoms with Crippen LogP contribution in [0.2, 0.25) is 5.02 Å². The van der Waals surface area contributed by atoms with E-state index in [0.29, 0.717) is 13.1 Å². The van der Waals surface area contributed by atoms with Crippen LogP contribution in [0.1, 0.15) is 15.9 Å². The SMILES string of the molecule is O=C(c1ccccc1CSC1=NCCS1)N1CCN(c2ccccc2Cl)CC1. The smallest absolute Gasteiger partial charge is 0.254 e. The first kappa shape index (κ1) is 19.7. The van der Waals surface area contributed by atoms with Crippen molar-refractivity contribution in [2.45, 2.75) is 5.75 Å². The number of hydrogen-bond acceptors (Lipinski definition) is 5. The van der Waals surface area contributed by atoms with E-state index in [0.717, 1.165) is 57.4 Å². The molecule has 0 aliphatic carbocycles. The zero-order chi connectivity index (χ0) is 19.3. The van der Waals surface area contributed by atoms with Crippen LogP contribution in [0.5, 0.6) is 0 Å². The van der Waals surface area contributed by atoms with E-state index >= 15 is 0 Å². The highest BCUT2D eigenvalue weighted by Crippen LogP contribution is 2.28. The van der Waals surface area contributed by atoms with Gasteiger partial charge in [0.1, 0.15) is 4.38 Å². The number of anilines is 1. The average molecular weight is 432 g/mol. The summed E-state index contributed by atoms with van der Waals surface area (Å²) in [4.78, 5) is 21.9. The Morgan fingerprint density at radius 2 is 1.82 bits per heavy atom. The van der Waals surface area contributed by atoms with Gasteiger partial charge in [-0.1, -0.05) is 65.5 Å². The summed E-state index contributed by atoms with van der Waals surface area (Å²) in [5.74, 6) is 1.97. The molecule has 1 fully saturated rings. The van der Waals surface area contributed by atoms with Crippen molar-refractivity contribution < 1.29 is 4.79 Å². The zero-order valence-electron chi connectivity index (χ0n) is 15.5. The maximum absolute atomic E-state index is 13.2. The Hall–Kier alpha value is -1.63. The number of halogens is 1. The second kappa shape index (κ2) is 9.25. The molecule has 146 valence electrons. The number of benzene rings is 2. The van der Waals surface area contributed by atoms with Gasteiger partial charge in [0, 0.05) is 43.2 Å². The van der Waals surface area contributed by atoms with E-state index in [-0.39, 0.29) is 5.91 Å². The van der Waals surface area contributed by atoms with Crippen LogP contribution in [0.25, 0.3) is 0 Å². The van der Waals surface area contributed by atoms with Gasteiger partial charge in [0.05, 0.1) is 17.3 Å². The Bertz CT molecular complexity index is 881. The fourth-order valence-corrected chi connectivity index (χ4v) is 5.69. The Morgan fingerprint density at radius 1 is 1.07 bits per heavy atom. The number of para-hydroxylation sites is 1. The molecule has 4 rings (SSSR count). The summed E-state index contributed by atoms with van der Waals surface area (Å²) in [6.45, 7) is 3.89. The molecule has 4 nitrogen and oxygen atoms in total. The van der Waals surface area contributed by atoms with Crippen LogP contribution in [-0.2, 0) is 5.75 Å². The van der Waals surface area contributed by atoms with Gasteiger partial charge in [-0.05, 0) is 23.8 Å². The minimum Gasteiger partial charge on any atom is -0.367 e. The molecule has 0 aromatic heterocycles. The van der Waals surface area contributed by atoms with Crippen LogP contribution in [0, 0.1) is 0 Å². The molecule has 0 atom stereocenters. The molecule has 28 heavy (non-hydrogen) atoms. The summed E-state index contributed by atoms with van der Waals surface area (Å²) in [5.41, 5.74) is 2.94. The standard InChI is InChI=1S/C21H22ClN3OS2/c22-18-7-3-4-8-19(18)24-10-12-25(13-11-24)20(26)17-6-2-1-5-16(17)15-28-21-23-9-14-27-21/h1-8H,9-15H2. The minimum absolute atomic E-state index is 0.121. The van der Waals surface area contributed by atoms with Gasteiger partial charge in [-0.2, -0.15) is 0 Å². The molecule has 0 bridgehead atoms. The number of thioether (sulfide) groups is 2. The van der Waals surface area contributed by atoms with Gasteiger partial charge in [0.15, 0.2) is 0 Å². The van der Waals surface area contributed by atoms with Gasteiger partial charge in [-0.15, -0.1) is 0 Å². The van der Waals surface area contributed by atoms with Gasteiger partial charge in [-0.25, -0.2) is 0 Å². The molecular formula is C21H22ClN3OS2. The summed E-state index contributed by atoms with van der Waals surface area (Å²) < 4.78 is 1.13. The van der Waals surface area contributed by atoms with Gasteiger partial charge in [-0.3, -0.25) is 9.79 Å². The summed E-state index contributed by atoms with van der Waals surface area (Å²) in [6, 6.07) is 15.8. The summed E-state index contributed by atoms with van der Waals surface area (Å²) in [7, 11) is 0. The molecule has 2 aliphatic rings. The number of carbonyl (C=O) groups is 1. The van der Waals surface area contributed by atoms with Crippen molar-refractivity contribution >= 4 is 51.1 Å². The zero-order valence-corrected chi connectivity index (χ0v) is 17.9. The summed E-state index contributed by atoms with van der Waals surface area (Å²) in [6.07, 6.45) is 0. The molecule has 0 unspecified atom stereocenters. The number of nitrogens with zero attached hydrogens (tertiary/aromatic N) is 3. The number of rotatable bonds is 4. The van der Waals surface area contributed by atoms with E-state index in [2.05, 4.69) is 16.0 Å². The second-order valence-corrected chi connectivity index (χ2v) is 9.39. The lowest BCUT2D eigenvalue weighted by atomic mass is 10.1. The number of piperazine rings is 1. The number of amides is 1. The predicted octanol–water partition coefficient (Wildman–Crippen LogP) is 4.64. The third-order valence-corrected chi connectivity index (χ3v) is 7.54. The van der Waals surface area contributed by atoms with Crippen LogP contribution in [0.15, 0.2) is 53.5 Å². The van der Waals surface area contributed by atoms with Crippen LogP contribution in [0.3, 0.4) is 0 Å². The third kappa shape index (κ3) is 4.50. The Kier molecular flexibility index (Phi) is 6.50. The maximum atomic E-state index is 13.2. The fourth-order valence-electron chi connectivity index (χ4n) is 3.43. The highest BCUT2D eigenvalue weighted by molar-refractivity contribution is 8.38. The highest BCUT2D eigenvalue weighted by atomic mass is 35.5. The molecule has 2 aliphatic heterocycles. The van der Waals surface area contributed by atoms with E-state index < -0.39 is 0 Å². The first-order valence-electron chi connectivity index (χ1n) is 9.39. The molecule has 7 heteroatoms. The molecule has 2 heterocycles. The quantitative estimate of drug-likeness (QED) is 0.706. The lowest BCUT2D eigenvalue weighted by Gasteiger charge is -2.36. The van der Waals surface area contributed by atoms with Gasteiger partial charge in [0.2, 0.25) is 0 Å². The molecule has 2 aromatic rings. The van der Waals surface area contributed by atoms with E-state index in [1.807, 2.05) is 47.4 Å². The fraction of sp³-hybridized carbons (Fsp3) is 0.333.